The lowest BCUT2D eigenvalue weighted by Crippen LogP contribution is -2.35. The quantitative estimate of drug-likeness (QED) is 0.632. The summed E-state index contributed by atoms with van der Waals surface area (Å²) in [4.78, 5) is 21.2. The summed E-state index contributed by atoms with van der Waals surface area (Å²) >= 11 is 0. The normalized spacial score (nSPS) is 17.2. The van der Waals surface area contributed by atoms with Gasteiger partial charge in [-0.15, -0.1) is 0 Å². The Labute approximate surface area is 179 Å². The third kappa shape index (κ3) is 6.42. The van der Waals surface area contributed by atoms with Gasteiger partial charge in [-0.2, -0.15) is 0 Å². The van der Waals surface area contributed by atoms with Crippen molar-refractivity contribution in [3.63, 3.8) is 0 Å². The van der Waals surface area contributed by atoms with Gasteiger partial charge in [0.15, 0.2) is 0 Å². The Hall–Kier alpha value is -2.67. The summed E-state index contributed by atoms with van der Waals surface area (Å²) < 4.78 is 0. The molecule has 3 aromatic heterocycles. The SMILES string of the molecule is c1ccc(CN2CCN(Cc3ccccn3)CCN(Cc3ccccn3)CC2)nc1. The highest BCUT2D eigenvalue weighted by atomic mass is 15.3. The number of nitrogens with zero attached hydrogens (tertiary/aromatic N) is 6. The first-order valence-corrected chi connectivity index (χ1v) is 10.7. The van der Waals surface area contributed by atoms with Crippen molar-refractivity contribution in [2.45, 2.75) is 19.6 Å². The second-order valence-corrected chi connectivity index (χ2v) is 7.79. The molecule has 0 aliphatic carbocycles. The molecule has 4 heterocycles. The molecular weight excluding hydrogens is 372 g/mol. The largest absolute Gasteiger partial charge is 0.295 e. The second-order valence-electron chi connectivity index (χ2n) is 7.79. The first kappa shape index (κ1) is 20.6. The molecule has 1 aliphatic rings. The maximum absolute atomic E-state index is 4.53. The van der Waals surface area contributed by atoms with Crippen LogP contribution in [0.4, 0.5) is 0 Å². The minimum absolute atomic E-state index is 0.885. The van der Waals surface area contributed by atoms with Crippen LogP contribution in [0.5, 0.6) is 0 Å². The molecule has 6 nitrogen and oxygen atoms in total. The highest BCUT2D eigenvalue weighted by Gasteiger charge is 2.18. The van der Waals surface area contributed by atoms with Gasteiger partial charge in [0.25, 0.3) is 0 Å². The van der Waals surface area contributed by atoms with Crippen molar-refractivity contribution >= 4 is 0 Å². The highest BCUT2D eigenvalue weighted by Crippen LogP contribution is 2.09. The third-order valence-electron chi connectivity index (χ3n) is 5.53. The Morgan fingerprint density at radius 1 is 0.467 bits per heavy atom. The minimum Gasteiger partial charge on any atom is -0.295 e. The van der Waals surface area contributed by atoms with Crippen LogP contribution >= 0.6 is 0 Å². The van der Waals surface area contributed by atoms with Crippen LogP contribution in [-0.4, -0.2) is 68.9 Å². The molecular formula is C24H30N6. The van der Waals surface area contributed by atoms with Crippen molar-refractivity contribution < 1.29 is 0 Å². The molecule has 0 saturated carbocycles. The van der Waals surface area contributed by atoms with E-state index in [1.165, 1.54) is 0 Å². The molecule has 6 heteroatoms. The first-order valence-electron chi connectivity index (χ1n) is 10.7. The molecule has 0 radical (unpaired) electrons. The molecule has 0 bridgehead atoms. The Kier molecular flexibility index (Phi) is 7.50. The Bertz CT molecular complexity index is 729. The zero-order chi connectivity index (χ0) is 20.4. The van der Waals surface area contributed by atoms with Gasteiger partial charge in [0.1, 0.15) is 0 Å². The van der Waals surface area contributed by atoms with Crippen LogP contribution < -0.4 is 0 Å². The summed E-state index contributed by atoms with van der Waals surface area (Å²) in [7, 11) is 0. The van der Waals surface area contributed by atoms with E-state index in [2.05, 4.69) is 66.0 Å². The second kappa shape index (κ2) is 10.9. The van der Waals surface area contributed by atoms with Crippen LogP contribution in [0.25, 0.3) is 0 Å². The fraction of sp³-hybridized carbons (Fsp3) is 0.375. The lowest BCUT2D eigenvalue weighted by Gasteiger charge is -2.25. The smallest absolute Gasteiger partial charge is 0.0543 e. The summed E-state index contributed by atoms with van der Waals surface area (Å²) in [5.74, 6) is 0. The molecule has 3 aromatic rings. The van der Waals surface area contributed by atoms with Crippen LogP contribution in [0.3, 0.4) is 0 Å². The Balaban J connectivity index is 1.45. The van der Waals surface area contributed by atoms with Gasteiger partial charge in [0, 0.05) is 77.5 Å². The zero-order valence-corrected chi connectivity index (χ0v) is 17.5. The van der Waals surface area contributed by atoms with Crippen molar-refractivity contribution in [2.75, 3.05) is 39.3 Å². The number of hydrogen-bond acceptors (Lipinski definition) is 6. The molecule has 1 saturated heterocycles. The Morgan fingerprint density at radius 2 is 0.767 bits per heavy atom. The molecule has 0 unspecified atom stereocenters. The van der Waals surface area contributed by atoms with Gasteiger partial charge in [0.05, 0.1) is 17.1 Å². The standard InChI is InChI=1S/C24H30N6/c1-4-10-25-22(7-1)19-28-13-15-29(20-23-8-2-5-11-26-23)17-18-30(16-14-28)21-24-9-3-6-12-27-24/h1-12H,13-21H2. The van der Waals surface area contributed by atoms with Gasteiger partial charge >= 0.3 is 0 Å². The Morgan fingerprint density at radius 3 is 1.00 bits per heavy atom. The van der Waals surface area contributed by atoms with E-state index < -0.39 is 0 Å². The van der Waals surface area contributed by atoms with E-state index in [1.54, 1.807) is 0 Å². The van der Waals surface area contributed by atoms with E-state index in [1.807, 2.05) is 36.8 Å². The average molecular weight is 403 g/mol. The minimum atomic E-state index is 0.885. The molecule has 0 N–H and O–H groups in total. The predicted octanol–water partition coefficient (Wildman–Crippen LogP) is 2.69. The van der Waals surface area contributed by atoms with Crippen LogP contribution in [0.1, 0.15) is 17.1 Å². The van der Waals surface area contributed by atoms with Crippen LogP contribution in [0.15, 0.2) is 73.2 Å². The van der Waals surface area contributed by atoms with Gasteiger partial charge in [-0.3, -0.25) is 29.7 Å². The number of pyridine rings is 3. The summed E-state index contributed by atoms with van der Waals surface area (Å²) in [5.41, 5.74) is 3.39. The zero-order valence-electron chi connectivity index (χ0n) is 17.5. The molecule has 0 atom stereocenters. The van der Waals surface area contributed by atoms with Crippen molar-refractivity contribution in [3.05, 3.63) is 90.3 Å². The van der Waals surface area contributed by atoms with E-state index in [-0.39, 0.29) is 0 Å². The number of rotatable bonds is 6. The highest BCUT2D eigenvalue weighted by molar-refractivity contribution is 5.05. The molecule has 4 rings (SSSR count). The molecule has 1 aliphatic heterocycles. The maximum Gasteiger partial charge on any atom is 0.0543 e. The van der Waals surface area contributed by atoms with E-state index in [0.717, 1.165) is 76.0 Å². The lowest BCUT2D eigenvalue weighted by atomic mass is 10.3. The predicted molar refractivity (Wildman–Crippen MR) is 119 cm³/mol. The summed E-state index contributed by atoms with van der Waals surface area (Å²) in [5, 5.41) is 0. The van der Waals surface area contributed by atoms with E-state index in [0.29, 0.717) is 0 Å². The van der Waals surface area contributed by atoms with Gasteiger partial charge in [-0.25, -0.2) is 0 Å². The fourth-order valence-electron chi connectivity index (χ4n) is 3.82. The topological polar surface area (TPSA) is 48.4 Å². The molecule has 156 valence electrons. The van der Waals surface area contributed by atoms with Crippen LogP contribution in [-0.2, 0) is 19.6 Å². The summed E-state index contributed by atoms with van der Waals surface area (Å²) in [6, 6.07) is 18.5. The number of hydrogen-bond donors (Lipinski definition) is 0. The third-order valence-corrected chi connectivity index (χ3v) is 5.53. The average Bonchev–Trinajstić information content (AvgIpc) is 2.88. The van der Waals surface area contributed by atoms with E-state index in [4.69, 9.17) is 0 Å². The molecule has 0 aromatic carbocycles. The molecule has 0 amide bonds. The van der Waals surface area contributed by atoms with Crippen molar-refractivity contribution in [1.29, 1.82) is 0 Å². The van der Waals surface area contributed by atoms with E-state index >= 15 is 0 Å². The van der Waals surface area contributed by atoms with Gasteiger partial charge < -0.3 is 0 Å². The summed E-state index contributed by atoms with van der Waals surface area (Å²) in [6.45, 7) is 8.83. The molecule has 1 fully saturated rings. The fourth-order valence-corrected chi connectivity index (χ4v) is 3.82. The van der Waals surface area contributed by atoms with Crippen LogP contribution in [0, 0.1) is 0 Å². The van der Waals surface area contributed by atoms with Crippen molar-refractivity contribution in [2.24, 2.45) is 0 Å². The van der Waals surface area contributed by atoms with Crippen LogP contribution in [0.2, 0.25) is 0 Å². The lowest BCUT2D eigenvalue weighted by molar-refractivity contribution is 0.207. The van der Waals surface area contributed by atoms with Crippen molar-refractivity contribution in [1.82, 2.24) is 29.7 Å². The maximum atomic E-state index is 4.53. The number of aromatic nitrogens is 3. The van der Waals surface area contributed by atoms with Crippen molar-refractivity contribution in [3.8, 4) is 0 Å². The molecule has 0 spiro atoms. The molecule has 30 heavy (non-hydrogen) atoms. The van der Waals surface area contributed by atoms with Gasteiger partial charge in [-0.05, 0) is 36.4 Å². The van der Waals surface area contributed by atoms with E-state index in [9.17, 15) is 0 Å². The first-order chi connectivity index (χ1) is 14.8. The van der Waals surface area contributed by atoms with Gasteiger partial charge in [0.2, 0.25) is 0 Å². The van der Waals surface area contributed by atoms with Gasteiger partial charge in [-0.1, -0.05) is 18.2 Å². The summed E-state index contributed by atoms with van der Waals surface area (Å²) in [6.07, 6.45) is 5.64. The monoisotopic (exact) mass is 402 g/mol.